The van der Waals surface area contributed by atoms with E-state index in [-0.39, 0.29) is 5.54 Å². The van der Waals surface area contributed by atoms with E-state index in [1.165, 1.54) is 0 Å². The Morgan fingerprint density at radius 2 is 1.71 bits per heavy atom. The molecule has 0 amide bonds. The van der Waals surface area contributed by atoms with Crippen molar-refractivity contribution in [1.82, 2.24) is 10.0 Å². The number of hydrogen-bond donors (Lipinski definition) is 2. The molecule has 2 N–H and O–H groups in total. The molecular weight excluding hydrogens is 236 g/mol. The maximum absolute atomic E-state index is 12.1. The van der Waals surface area contributed by atoms with Crippen LogP contribution in [0.1, 0.15) is 53.9 Å². The van der Waals surface area contributed by atoms with Gasteiger partial charge in [0.15, 0.2) is 0 Å². The number of rotatable bonds is 9. The zero-order valence-corrected chi connectivity index (χ0v) is 12.7. The van der Waals surface area contributed by atoms with Crippen molar-refractivity contribution in [3.63, 3.8) is 0 Å². The summed E-state index contributed by atoms with van der Waals surface area (Å²) in [6.45, 7) is 11.1. The topological polar surface area (TPSA) is 58.2 Å². The molecular formula is C12H28N2O2S. The molecule has 0 aromatic heterocycles. The number of nitrogens with one attached hydrogen (secondary N) is 2. The Labute approximate surface area is 107 Å². The molecule has 0 aromatic carbocycles. The Morgan fingerprint density at radius 3 is 2.12 bits per heavy atom. The summed E-state index contributed by atoms with van der Waals surface area (Å²) >= 11 is 0. The van der Waals surface area contributed by atoms with Crippen LogP contribution in [0.5, 0.6) is 0 Å². The molecule has 4 nitrogen and oxygen atoms in total. The molecule has 0 fully saturated rings. The number of sulfonamides is 1. The summed E-state index contributed by atoms with van der Waals surface area (Å²) in [7, 11) is -3.24. The van der Waals surface area contributed by atoms with Crippen LogP contribution in [-0.4, -0.2) is 32.3 Å². The third-order valence-corrected chi connectivity index (χ3v) is 5.34. The molecule has 0 aliphatic carbocycles. The third-order valence-electron chi connectivity index (χ3n) is 3.34. The summed E-state index contributed by atoms with van der Waals surface area (Å²) in [6, 6.07) is 0. The summed E-state index contributed by atoms with van der Waals surface area (Å²) in [5, 5.41) is 2.75. The van der Waals surface area contributed by atoms with E-state index < -0.39 is 15.3 Å². The van der Waals surface area contributed by atoms with Crippen molar-refractivity contribution in [1.29, 1.82) is 0 Å². The molecule has 0 spiro atoms. The zero-order valence-electron chi connectivity index (χ0n) is 11.8. The lowest BCUT2D eigenvalue weighted by Gasteiger charge is -2.29. The van der Waals surface area contributed by atoms with Gasteiger partial charge in [-0.2, -0.15) is 0 Å². The van der Waals surface area contributed by atoms with Gasteiger partial charge in [0.1, 0.15) is 0 Å². The van der Waals surface area contributed by atoms with Crippen molar-refractivity contribution < 1.29 is 8.42 Å². The van der Waals surface area contributed by atoms with E-state index in [1.807, 2.05) is 20.8 Å². The average molecular weight is 264 g/mol. The van der Waals surface area contributed by atoms with Crippen molar-refractivity contribution in [2.24, 2.45) is 0 Å². The Balaban J connectivity index is 4.46. The van der Waals surface area contributed by atoms with Gasteiger partial charge in [-0.1, -0.05) is 20.8 Å². The summed E-state index contributed by atoms with van der Waals surface area (Å²) in [5.41, 5.74) is -0.322. The van der Waals surface area contributed by atoms with E-state index >= 15 is 0 Å². The molecule has 104 valence electrons. The largest absolute Gasteiger partial charge is 0.315 e. The molecule has 0 aliphatic rings. The molecule has 0 saturated heterocycles. The van der Waals surface area contributed by atoms with Gasteiger partial charge in [0, 0.05) is 12.1 Å². The molecule has 0 aliphatic heterocycles. The fourth-order valence-electron chi connectivity index (χ4n) is 1.43. The van der Waals surface area contributed by atoms with Gasteiger partial charge in [0.05, 0.1) is 5.25 Å². The van der Waals surface area contributed by atoms with E-state index in [1.54, 1.807) is 6.92 Å². The van der Waals surface area contributed by atoms with Crippen molar-refractivity contribution in [2.45, 2.75) is 64.7 Å². The Morgan fingerprint density at radius 1 is 1.18 bits per heavy atom. The van der Waals surface area contributed by atoms with Gasteiger partial charge in [-0.25, -0.2) is 13.1 Å². The van der Waals surface area contributed by atoms with E-state index in [0.717, 1.165) is 25.8 Å². The van der Waals surface area contributed by atoms with Crippen LogP contribution in [-0.2, 0) is 10.0 Å². The lowest BCUT2D eigenvalue weighted by molar-refractivity contribution is 0.386. The second-order valence-electron chi connectivity index (χ2n) is 4.93. The van der Waals surface area contributed by atoms with Crippen LogP contribution in [0.3, 0.4) is 0 Å². The molecule has 0 aromatic rings. The molecule has 5 heteroatoms. The SMILES string of the molecule is CCCNCC(C)S(=O)(=O)NC(C)(CC)CC. The first-order chi connectivity index (χ1) is 7.81. The van der Waals surface area contributed by atoms with Crippen LogP contribution < -0.4 is 10.0 Å². The van der Waals surface area contributed by atoms with Crippen molar-refractivity contribution in [3.05, 3.63) is 0 Å². The lowest BCUT2D eigenvalue weighted by Crippen LogP contribution is -2.50. The van der Waals surface area contributed by atoms with Gasteiger partial charge in [-0.3, -0.25) is 0 Å². The molecule has 1 unspecified atom stereocenters. The van der Waals surface area contributed by atoms with Crippen LogP contribution in [0.15, 0.2) is 0 Å². The summed E-state index contributed by atoms with van der Waals surface area (Å²) in [4.78, 5) is 0. The van der Waals surface area contributed by atoms with Gasteiger partial charge in [0.25, 0.3) is 0 Å². The summed E-state index contributed by atoms with van der Waals surface area (Å²) in [6.07, 6.45) is 2.62. The van der Waals surface area contributed by atoms with Gasteiger partial charge in [-0.05, 0) is 39.7 Å². The fourth-order valence-corrected chi connectivity index (χ4v) is 2.94. The Kier molecular flexibility index (Phi) is 7.28. The first-order valence-electron chi connectivity index (χ1n) is 6.54. The second kappa shape index (κ2) is 7.34. The van der Waals surface area contributed by atoms with Gasteiger partial charge >= 0.3 is 0 Å². The van der Waals surface area contributed by atoms with Crippen LogP contribution >= 0.6 is 0 Å². The van der Waals surface area contributed by atoms with Gasteiger partial charge in [-0.15, -0.1) is 0 Å². The lowest BCUT2D eigenvalue weighted by atomic mass is 9.98. The highest BCUT2D eigenvalue weighted by Crippen LogP contribution is 2.16. The fraction of sp³-hybridized carbons (Fsp3) is 1.00. The van der Waals surface area contributed by atoms with E-state index in [2.05, 4.69) is 17.0 Å². The number of hydrogen-bond acceptors (Lipinski definition) is 3. The van der Waals surface area contributed by atoms with E-state index in [0.29, 0.717) is 6.54 Å². The molecule has 0 bridgehead atoms. The van der Waals surface area contributed by atoms with Crippen LogP contribution in [0, 0.1) is 0 Å². The summed E-state index contributed by atoms with van der Waals surface area (Å²) < 4.78 is 27.0. The van der Waals surface area contributed by atoms with Gasteiger partial charge in [0.2, 0.25) is 10.0 Å². The van der Waals surface area contributed by atoms with Crippen molar-refractivity contribution >= 4 is 10.0 Å². The minimum atomic E-state index is -3.24. The quantitative estimate of drug-likeness (QED) is 0.625. The molecule has 1 atom stereocenters. The summed E-state index contributed by atoms with van der Waals surface area (Å²) in [5.74, 6) is 0. The Bertz CT molecular complexity index is 298. The third kappa shape index (κ3) is 5.84. The molecule has 0 rings (SSSR count). The first-order valence-corrected chi connectivity index (χ1v) is 8.09. The highest BCUT2D eigenvalue weighted by atomic mass is 32.2. The maximum Gasteiger partial charge on any atom is 0.215 e. The highest BCUT2D eigenvalue weighted by Gasteiger charge is 2.29. The van der Waals surface area contributed by atoms with E-state index in [4.69, 9.17) is 0 Å². The molecule has 0 saturated carbocycles. The smallest absolute Gasteiger partial charge is 0.215 e. The monoisotopic (exact) mass is 264 g/mol. The van der Waals surface area contributed by atoms with Crippen molar-refractivity contribution in [3.8, 4) is 0 Å². The molecule has 0 heterocycles. The normalized spacial score (nSPS) is 14.9. The van der Waals surface area contributed by atoms with Crippen LogP contribution in [0.25, 0.3) is 0 Å². The average Bonchev–Trinajstić information content (AvgIpc) is 2.28. The standard InChI is InChI=1S/C12H28N2O2S/c1-6-9-13-10-11(4)17(15,16)14-12(5,7-2)8-3/h11,13-14H,6-10H2,1-5H3. The van der Waals surface area contributed by atoms with Crippen LogP contribution in [0.2, 0.25) is 0 Å². The minimum absolute atomic E-state index is 0.322. The zero-order chi connectivity index (χ0) is 13.5. The van der Waals surface area contributed by atoms with Crippen LogP contribution in [0.4, 0.5) is 0 Å². The highest BCUT2D eigenvalue weighted by molar-refractivity contribution is 7.90. The maximum atomic E-state index is 12.1. The van der Waals surface area contributed by atoms with E-state index in [9.17, 15) is 8.42 Å². The van der Waals surface area contributed by atoms with Gasteiger partial charge < -0.3 is 5.32 Å². The second-order valence-corrected chi connectivity index (χ2v) is 7.03. The minimum Gasteiger partial charge on any atom is -0.315 e. The predicted octanol–water partition coefficient (Wildman–Crippen LogP) is 1.87. The predicted molar refractivity (Wildman–Crippen MR) is 73.7 cm³/mol. The molecule has 0 radical (unpaired) electrons. The molecule has 17 heavy (non-hydrogen) atoms. The van der Waals surface area contributed by atoms with Crippen molar-refractivity contribution in [2.75, 3.05) is 13.1 Å². The Hall–Kier alpha value is -0.130. The first kappa shape index (κ1) is 16.9.